The summed E-state index contributed by atoms with van der Waals surface area (Å²) in [5.41, 5.74) is -0.0849. The van der Waals surface area contributed by atoms with Gasteiger partial charge in [-0.25, -0.2) is 0 Å². The molecule has 112 valence electrons. The Labute approximate surface area is 132 Å². The van der Waals surface area contributed by atoms with E-state index in [2.05, 4.69) is 20.7 Å². The Balaban J connectivity index is 2.43. The second-order valence-corrected chi connectivity index (χ2v) is 4.95. The Morgan fingerprint density at radius 2 is 2.18 bits per heavy atom. The zero-order chi connectivity index (χ0) is 16.1. The summed E-state index contributed by atoms with van der Waals surface area (Å²) in [7, 11) is 0. The number of hydrogen-bond acceptors (Lipinski definition) is 4. The normalized spacial score (nSPS) is 11.3. The molecule has 0 atom stereocenters. The van der Waals surface area contributed by atoms with Crippen LogP contribution < -0.4 is 4.74 Å². The van der Waals surface area contributed by atoms with Crippen LogP contribution in [0.1, 0.15) is 16.1 Å². The first-order chi connectivity index (χ1) is 10.5. The number of furan rings is 1. The molecule has 0 saturated heterocycles. The van der Waals surface area contributed by atoms with Gasteiger partial charge in [0.05, 0.1) is 6.26 Å². The summed E-state index contributed by atoms with van der Waals surface area (Å²) in [5, 5.41) is 9.12. The summed E-state index contributed by atoms with van der Waals surface area (Å²) in [6, 6.07) is 8.93. The lowest BCUT2D eigenvalue weighted by molar-refractivity contribution is -0.0499. The van der Waals surface area contributed by atoms with Crippen molar-refractivity contribution < 1.29 is 22.7 Å². The minimum atomic E-state index is -3.01. The molecule has 1 aromatic heterocycles. The number of benzene rings is 1. The largest absolute Gasteiger partial charge is 0.461 e. The minimum absolute atomic E-state index is 0.0147. The van der Waals surface area contributed by atoms with Gasteiger partial charge in [0, 0.05) is 10.0 Å². The molecule has 2 rings (SSSR count). The molecule has 1 aromatic carbocycles. The zero-order valence-electron chi connectivity index (χ0n) is 10.9. The maximum Gasteiger partial charge on any atom is 0.387 e. The second-order valence-electron chi connectivity index (χ2n) is 4.04. The number of nitriles is 1. The second kappa shape index (κ2) is 7.00. The molecule has 0 fully saturated rings. The highest BCUT2D eigenvalue weighted by molar-refractivity contribution is 9.10. The number of halogens is 3. The van der Waals surface area contributed by atoms with Crippen molar-refractivity contribution in [3.8, 4) is 11.8 Å². The van der Waals surface area contributed by atoms with Gasteiger partial charge in [-0.2, -0.15) is 14.0 Å². The molecule has 0 radical (unpaired) electrons. The number of carbonyl (C=O) groups excluding carboxylic acids is 1. The third kappa shape index (κ3) is 3.80. The summed E-state index contributed by atoms with van der Waals surface area (Å²) in [6.07, 6.45) is 2.47. The van der Waals surface area contributed by atoms with Crippen LogP contribution in [0, 0.1) is 11.3 Å². The highest BCUT2D eigenvalue weighted by Crippen LogP contribution is 2.27. The van der Waals surface area contributed by atoms with Crippen LogP contribution in [0.3, 0.4) is 0 Å². The van der Waals surface area contributed by atoms with Gasteiger partial charge in [0.1, 0.15) is 17.4 Å². The molecule has 0 saturated carbocycles. The predicted molar refractivity (Wildman–Crippen MR) is 77.4 cm³/mol. The highest BCUT2D eigenvalue weighted by atomic mass is 79.9. The lowest BCUT2D eigenvalue weighted by Gasteiger charge is -2.08. The van der Waals surface area contributed by atoms with E-state index in [0.717, 1.165) is 0 Å². The van der Waals surface area contributed by atoms with Gasteiger partial charge >= 0.3 is 6.61 Å². The summed E-state index contributed by atoms with van der Waals surface area (Å²) in [6.45, 7) is -3.01. The van der Waals surface area contributed by atoms with E-state index in [0.29, 0.717) is 4.47 Å². The fourth-order valence-electron chi connectivity index (χ4n) is 1.68. The quantitative estimate of drug-likeness (QED) is 0.445. The summed E-state index contributed by atoms with van der Waals surface area (Å²) < 4.78 is 34.7. The highest BCUT2D eigenvalue weighted by Gasteiger charge is 2.16. The third-order valence-electron chi connectivity index (χ3n) is 2.60. The number of carbonyl (C=O) groups is 1. The van der Waals surface area contributed by atoms with E-state index in [4.69, 9.17) is 9.68 Å². The Morgan fingerprint density at radius 3 is 2.77 bits per heavy atom. The first-order valence-electron chi connectivity index (χ1n) is 5.95. The average molecular weight is 368 g/mol. The molecule has 1 heterocycles. The van der Waals surface area contributed by atoms with Crippen LogP contribution in [0.15, 0.2) is 51.1 Å². The molecule has 0 spiro atoms. The van der Waals surface area contributed by atoms with Crippen molar-refractivity contribution in [1.29, 1.82) is 5.26 Å². The third-order valence-corrected chi connectivity index (χ3v) is 3.09. The van der Waals surface area contributed by atoms with Crippen LogP contribution in [0.25, 0.3) is 6.08 Å². The first-order valence-corrected chi connectivity index (χ1v) is 6.75. The number of allylic oxidation sites excluding steroid dienone is 1. The van der Waals surface area contributed by atoms with E-state index >= 15 is 0 Å². The fourth-order valence-corrected chi connectivity index (χ4v) is 2.06. The van der Waals surface area contributed by atoms with Crippen molar-refractivity contribution in [2.24, 2.45) is 0 Å². The Bertz CT molecular complexity index is 749. The SMILES string of the molecule is N#C/C(=C\c1cc(Br)ccc1OC(F)F)C(=O)c1ccco1. The molecular formula is C15H8BrF2NO3. The summed E-state index contributed by atoms with van der Waals surface area (Å²) >= 11 is 3.19. The van der Waals surface area contributed by atoms with Crippen LogP contribution in [0.2, 0.25) is 0 Å². The molecular weight excluding hydrogens is 360 g/mol. The molecule has 7 heteroatoms. The van der Waals surface area contributed by atoms with Crippen molar-refractivity contribution in [3.63, 3.8) is 0 Å². The standard InChI is InChI=1S/C15H8BrF2NO3/c16-11-3-4-12(22-15(17)18)9(7-11)6-10(8-19)14(20)13-2-1-5-21-13/h1-7,15H/b10-6+. The van der Waals surface area contributed by atoms with E-state index in [1.807, 2.05) is 0 Å². The number of alkyl halides is 2. The van der Waals surface area contributed by atoms with Crippen molar-refractivity contribution >= 4 is 27.8 Å². The number of hydrogen-bond donors (Lipinski definition) is 0. The van der Waals surface area contributed by atoms with Crippen molar-refractivity contribution in [2.45, 2.75) is 6.61 Å². The van der Waals surface area contributed by atoms with E-state index in [1.165, 1.54) is 42.7 Å². The molecule has 0 amide bonds. The van der Waals surface area contributed by atoms with Crippen LogP contribution in [-0.2, 0) is 0 Å². The molecule has 0 bridgehead atoms. The van der Waals surface area contributed by atoms with Crippen LogP contribution in [-0.4, -0.2) is 12.4 Å². The molecule has 0 aliphatic rings. The van der Waals surface area contributed by atoms with E-state index in [-0.39, 0.29) is 22.6 Å². The molecule has 2 aromatic rings. The van der Waals surface area contributed by atoms with Crippen LogP contribution >= 0.6 is 15.9 Å². The van der Waals surface area contributed by atoms with E-state index < -0.39 is 12.4 Å². The van der Waals surface area contributed by atoms with Gasteiger partial charge < -0.3 is 9.15 Å². The number of ether oxygens (including phenoxy) is 1. The zero-order valence-corrected chi connectivity index (χ0v) is 12.5. The van der Waals surface area contributed by atoms with Gasteiger partial charge in [0.25, 0.3) is 0 Å². The number of Topliss-reactive ketones (excluding diaryl/α,β-unsaturated/α-hetero) is 1. The molecule has 0 N–H and O–H groups in total. The lowest BCUT2D eigenvalue weighted by Crippen LogP contribution is -2.04. The van der Waals surface area contributed by atoms with Gasteiger partial charge in [-0.15, -0.1) is 0 Å². The number of rotatable bonds is 5. The molecule has 22 heavy (non-hydrogen) atoms. The van der Waals surface area contributed by atoms with Crippen LogP contribution in [0.5, 0.6) is 5.75 Å². The minimum Gasteiger partial charge on any atom is -0.461 e. The van der Waals surface area contributed by atoms with Gasteiger partial charge in [-0.3, -0.25) is 4.79 Å². The summed E-state index contributed by atoms with van der Waals surface area (Å²) in [5.74, 6) is -0.798. The Kier molecular flexibility index (Phi) is 5.07. The van der Waals surface area contributed by atoms with Crippen molar-refractivity contribution in [1.82, 2.24) is 0 Å². The monoisotopic (exact) mass is 367 g/mol. The van der Waals surface area contributed by atoms with Gasteiger partial charge in [-0.1, -0.05) is 15.9 Å². The molecule has 4 nitrogen and oxygen atoms in total. The Hall–Kier alpha value is -2.46. The van der Waals surface area contributed by atoms with E-state index in [1.54, 1.807) is 6.07 Å². The van der Waals surface area contributed by atoms with Gasteiger partial charge in [0.15, 0.2) is 5.76 Å². The number of nitrogens with zero attached hydrogens (tertiary/aromatic N) is 1. The van der Waals surface area contributed by atoms with E-state index in [9.17, 15) is 13.6 Å². The van der Waals surface area contributed by atoms with Gasteiger partial charge in [-0.05, 0) is 36.4 Å². The maximum absolute atomic E-state index is 12.4. The fraction of sp³-hybridized carbons (Fsp3) is 0.0667. The average Bonchev–Trinajstić information content (AvgIpc) is 3.00. The molecule has 0 aliphatic heterocycles. The Morgan fingerprint density at radius 1 is 1.41 bits per heavy atom. The molecule has 0 unspecified atom stereocenters. The van der Waals surface area contributed by atoms with Crippen LogP contribution in [0.4, 0.5) is 8.78 Å². The smallest absolute Gasteiger partial charge is 0.387 e. The predicted octanol–water partition coefficient (Wildman–Crippen LogP) is 4.43. The van der Waals surface area contributed by atoms with Gasteiger partial charge in [0.2, 0.25) is 5.78 Å². The van der Waals surface area contributed by atoms with Crippen molar-refractivity contribution in [3.05, 3.63) is 58.0 Å². The lowest BCUT2D eigenvalue weighted by atomic mass is 10.1. The first kappa shape index (κ1) is 15.9. The maximum atomic E-state index is 12.4. The number of ketones is 1. The van der Waals surface area contributed by atoms with Crippen molar-refractivity contribution in [2.75, 3.05) is 0 Å². The topological polar surface area (TPSA) is 63.2 Å². The summed E-state index contributed by atoms with van der Waals surface area (Å²) in [4.78, 5) is 12.1. The molecule has 0 aliphatic carbocycles.